The smallest absolute Gasteiger partial charge is 0.330 e. The third-order valence-corrected chi connectivity index (χ3v) is 4.35. The standard InChI is InChI=1S/C18H25N3O5/c1-26-14-9-7-12(8-10-14)16(17(23)24)21-15(22)11-19-18(25)20-13-5-3-2-4-6-13/h7-10,13,16H,2-6,11H2,1H3,(H,21,22)(H,23,24)(H2,19,20,25). The Kier molecular flexibility index (Phi) is 7.25. The van der Waals surface area contributed by atoms with E-state index in [-0.39, 0.29) is 12.6 Å². The number of carboxylic acids is 1. The third kappa shape index (κ3) is 5.94. The number of carbonyl (C=O) groups excluding carboxylic acids is 2. The van der Waals surface area contributed by atoms with E-state index < -0.39 is 23.9 Å². The van der Waals surface area contributed by atoms with Gasteiger partial charge in [0, 0.05) is 6.04 Å². The molecule has 1 aromatic rings. The van der Waals surface area contributed by atoms with Crippen LogP contribution in [-0.4, -0.2) is 42.7 Å². The number of carbonyl (C=O) groups is 3. The number of rotatable bonds is 7. The molecule has 4 N–H and O–H groups in total. The molecule has 3 amide bonds. The molecule has 1 atom stereocenters. The molecule has 0 aliphatic heterocycles. The van der Waals surface area contributed by atoms with Gasteiger partial charge in [-0.05, 0) is 30.5 Å². The molecule has 142 valence electrons. The van der Waals surface area contributed by atoms with Crippen molar-refractivity contribution in [2.24, 2.45) is 0 Å². The van der Waals surface area contributed by atoms with Crippen LogP contribution in [-0.2, 0) is 9.59 Å². The Bertz CT molecular complexity index is 626. The summed E-state index contributed by atoms with van der Waals surface area (Å²) < 4.78 is 5.03. The molecule has 1 aliphatic carbocycles. The summed E-state index contributed by atoms with van der Waals surface area (Å²) in [6.45, 7) is -0.293. The second-order valence-corrected chi connectivity index (χ2v) is 6.27. The summed E-state index contributed by atoms with van der Waals surface area (Å²) in [4.78, 5) is 35.3. The summed E-state index contributed by atoms with van der Waals surface area (Å²) in [5.41, 5.74) is 0.415. The second-order valence-electron chi connectivity index (χ2n) is 6.27. The van der Waals surface area contributed by atoms with Crippen LogP contribution in [0.5, 0.6) is 5.75 Å². The Labute approximate surface area is 152 Å². The quantitative estimate of drug-likeness (QED) is 0.587. The van der Waals surface area contributed by atoms with Gasteiger partial charge in [0.25, 0.3) is 0 Å². The molecular formula is C18H25N3O5. The molecule has 1 fully saturated rings. The average molecular weight is 363 g/mol. The molecular weight excluding hydrogens is 338 g/mol. The molecule has 0 aromatic heterocycles. The summed E-state index contributed by atoms with van der Waals surface area (Å²) in [5.74, 6) is -1.17. The zero-order chi connectivity index (χ0) is 18.9. The van der Waals surface area contributed by atoms with Crippen LogP contribution in [0.25, 0.3) is 0 Å². The molecule has 1 unspecified atom stereocenters. The number of nitrogens with one attached hydrogen (secondary N) is 3. The maximum Gasteiger partial charge on any atom is 0.330 e. The van der Waals surface area contributed by atoms with E-state index in [2.05, 4.69) is 16.0 Å². The van der Waals surface area contributed by atoms with E-state index in [9.17, 15) is 19.5 Å². The monoisotopic (exact) mass is 363 g/mol. The molecule has 0 spiro atoms. The van der Waals surface area contributed by atoms with Crippen LogP contribution in [0.1, 0.15) is 43.7 Å². The fraction of sp³-hybridized carbons (Fsp3) is 0.500. The zero-order valence-electron chi connectivity index (χ0n) is 14.8. The topological polar surface area (TPSA) is 117 Å². The summed E-state index contributed by atoms with van der Waals surface area (Å²) in [6, 6.07) is 4.90. The fourth-order valence-electron chi connectivity index (χ4n) is 2.94. The van der Waals surface area contributed by atoms with Crippen LogP contribution in [0.4, 0.5) is 4.79 Å². The van der Waals surface area contributed by atoms with Gasteiger partial charge >= 0.3 is 12.0 Å². The van der Waals surface area contributed by atoms with Gasteiger partial charge in [-0.15, -0.1) is 0 Å². The molecule has 26 heavy (non-hydrogen) atoms. The fourth-order valence-corrected chi connectivity index (χ4v) is 2.94. The molecule has 1 saturated carbocycles. The molecule has 1 aliphatic rings. The minimum Gasteiger partial charge on any atom is -0.497 e. The van der Waals surface area contributed by atoms with Crippen molar-refractivity contribution in [1.82, 2.24) is 16.0 Å². The Morgan fingerprint density at radius 1 is 1.15 bits per heavy atom. The predicted molar refractivity (Wildman–Crippen MR) is 94.9 cm³/mol. The molecule has 0 bridgehead atoms. The van der Waals surface area contributed by atoms with E-state index in [0.717, 1.165) is 25.7 Å². The van der Waals surface area contributed by atoms with Gasteiger partial charge in [0.2, 0.25) is 5.91 Å². The highest BCUT2D eigenvalue weighted by Gasteiger charge is 2.22. The average Bonchev–Trinajstić information content (AvgIpc) is 2.65. The van der Waals surface area contributed by atoms with Crippen molar-refractivity contribution in [3.05, 3.63) is 29.8 Å². The van der Waals surface area contributed by atoms with Crippen LogP contribution in [0, 0.1) is 0 Å². The van der Waals surface area contributed by atoms with Crippen LogP contribution in [0.2, 0.25) is 0 Å². The number of hydrogen-bond acceptors (Lipinski definition) is 4. The van der Waals surface area contributed by atoms with E-state index in [0.29, 0.717) is 11.3 Å². The summed E-state index contributed by atoms with van der Waals surface area (Å²) in [6.07, 6.45) is 5.25. The minimum atomic E-state index is -1.20. The number of ether oxygens (including phenoxy) is 1. The van der Waals surface area contributed by atoms with E-state index >= 15 is 0 Å². The van der Waals surface area contributed by atoms with Gasteiger partial charge in [-0.25, -0.2) is 9.59 Å². The van der Waals surface area contributed by atoms with E-state index in [1.807, 2.05) is 0 Å². The van der Waals surface area contributed by atoms with Gasteiger partial charge in [-0.3, -0.25) is 4.79 Å². The lowest BCUT2D eigenvalue weighted by atomic mass is 9.96. The molecule has 1 aromatic carbocycles. The van der Waals surface area contributed by atoms with E-state index in [1.165, 1.54) is 13.5 Å². The number of amides is 3. The van der Waals surface area contributed by atoms with E-state index in [1.54, 1.807) is 24.3 Å². The number of benzene rings is 1. The van der Waals surface area contributed by atoms with Crippen molar-refractivity contribution in [2.45, 2.75) is 44.2 Å². The summed E-state index contributed by atoms with van der Waals surface area (Å²) >= 11 is 0. The molecule has 0 saturated heterocycles. The van der Waals surface area contributed by atoms with Gasteiger partial charge < -0.3 is 25.8 Å². The molecule has 8 heteroatoms. The lowest BCUT2D eigenvalue weighted by Gasteiger charge is -2.23. The SMILES string of the molecule is COc1ccc(C(NC(=O)CNC(=O)NC2CCCCC2)C(=O)O)cc1. The highest BCUT2D eigenvalue weighted by atomic mass is 16.5. The predicted octanol–water partition coefficient (Wildman–Crippen LogP) is 1.57. The second kappa shape index (κ2) is 9.65. The summed E-state index contributed by atoms with van der Waals surface area (Å²) in [5, 5.41) is 17.1. The number of carboxylic acid groups (broad SMARTS) is 1. The van der Waals surface area contributed by atoms with Crippen LogP contribution in [0.3, 0.4) is 0 Å². The molecule has 2 rings (SSSR count). The van der Waals surface area contributed by atoms with E-state index in [4.69, 9.17) is 4.74 Å². The number of hydrogen-bond donors (Lipinski definition) is 4. The Morgan fingerprint density at radius 2 is 1.81 bits per heavy atom. The van der Waals surface area contributed by atoms with Gasteiger partial charge in [-0.1, -0.05) is 31.4 Å². The first-order valence-electron chi connectivity index (χ1n) is 8.70. The highest BCUT2D eigenvalue weighted by Crippen LogP contribution is 2.18. The first kappa shape index (κ1) is 19.6. The normalized spacial score (nSPS) is 15.6. The van der Waals surface area contributed by atoms with Crippen molar-refractivity contribution >= 4 is 17.9 Å². The van der Waals surface area contributed by atoms with Gasteiger partial charge in [-0.2, -0.15) is 0 Å². The molecule has 0 radical (unpaired) electrons. The van der Waals surface area contributed by atoms with Crippen molar-refractivity contribution < 1.29 is 24.2 Å². The molecule has 8 nitrogen and oxygen atoms in total. The lowest BCUT2D eigenvalue weighted by Crippen LogP contribution is -2.47. The maximum atomic E-state index is 12.0. The van der Waals surface area contributed by atoms with Crippen LogP contribution in [0.15, 0.2) is 24.3 Å². The van der Waals surface area contributed by atoms with Gasteiger partial charge in [0.1, 0.15) is 5.75 Å². The maximum absolute atomic E-state index is 12.0. The first-order valence-corrected chi connectivity index (χ1v) is 8.70. The number of aliphatic carboxylic acids is 1. The highest BCUT2D eigenvalue weighted by molar-refractivity contribution is 5.88. The van der Waals surface area contributed by atoms with Crippen LogP contribution < -0.4 is 20.7 Å². The van der Waals surface area contributed by atoms with Crippen molar-refractivity contribution in [2.75, 3.05) is 13.7 Å². The van der Waals surface area contributed by atoms with Gasteiger partial charge in [0.15, 0.2) is 6.04 Å². The Morgan fingerprint density at radius 3 is 2.38 bits per heavy atom. The number of methoxy groups -OCH3 is 1. The van der Waals surface area contributed by atoms with Crippen molar-refractivity contribution in [1.29, 1.82) is 0 Å². The minimum absolute atomic E-state index is 0.137. The van der Waals surface area contributed by atoms with Crippen LogP contribution >= 0.6 is 0 Å². The van der Waals surface area contributed by atoms with Crippen molar-refractivity contribution in [3.63, 3.8) is 0 Å². The summed E-state index contributed by atoms with van der Waals surface area (Å²) in [7, 11) is 1.51. The Balaban J connectivity index is 1.83. The first-order chi connectivity index (χ1) is 12.5. The van der Waals surface area contributed by atoms with Gasteiger partial charge in [0.05, 0.1) is 13.7 Å². The number of urea groups is 1. The molecule has 0 heterocycles. The largest absolute Gasteiger partial charge is 0.497 e. The lowest BCUT2D eigenvalue weighted by molar-refractivity contribution is -0.141. The zero-order valence-corrected chi connectivity index (χ0v) is 14.8. The third-order valence-electron chi connectivity index (χ3n) is 4.35. The van der Waals surface area contributed by atoms with Crippen molar-refractivity contribution in [3.8, 4) is 5.75 Å². The Hall–Kier alpha value is -2.77.